The minimum absolute atomic E-state index is 0.0983. The molecular formula is C24H29N3O3. The van der Waals surface area contributed by atoms with Crippen molar-refractivity contribution in [3.8, 4) is 5.75 Å². The predicted octanol–water partition coefficient (Wildman–Crippen LogP) is 2.43. The lowest BCUT2D eigenvalue weighted by atomic mass is 10.1. The largest absolute Gasteiger partial charge is 0.497 e. The standard InChI is InChI=1S/C24H29N3O3/c1-30-22-9-7-21(8-10-22)25-13-15-26(16-14-25)24(29)20-17-23(28)27(18-20)12-11-19-5-3-2-4-6-19/h2-10,20H,11-18H2,1H3/t20-/m0/s1. The van der Waals surface area contributed by atoms with E-state index >= 15 is 0 Å². The first kappa shape index (κ1) is 20.3. The van der Waals surface area contributed by atoms with E-state index in [0.717, 1.165) is 30.9 Å². The first-order valence-corrected chi connectivity index (χ1v) is 10.6. The fourth-order valence-corrected chi connectivity index (χ4v) is 4.30. The number of amides is 2. The number of likely N-dealkylation sites (tertiary alicyclic amines) is 1. The predicted molar refractivity (Wildman–Crippen MR) is 117 cm³/mol. The smallest absolute Gasteiger partial charge is 0.228 e. The molecule has 0 radical (unpaired) electrons. The molecule has 0 unspecified atom stereocenters. The Morgan fingerprint density at radius 1 is 1.00 bits per heavy atom. The van der Waals surface area contributed by atoms with Crippen molar-refractivity contribution in [1.82, 2.24) is 9.80 Å². The van der Waals surface area contributed by atoms with Crippen molar-refractivity contribution < 1.29 is 14.3 Å². The zero-order chi connectivity index (χ0) is 20.9. The highest BCUT2D eigenvalue weighted by Crippen LogP contribution is 2.24. The zero-order valence-electron chi connectivity index (χ0n) is 17.5. The van der Waals surface area contributed by atoms with E-state index in [1.54, 1.807) is 7.11 Å². The molecule has 2 saturated heterocycles. The summed E-state index contributed by atoms with van der Waals surface area (Å²) >= 11 is 0. The minimum Gasteiger partial charge on any atom is -0.497 e. The van der Waals surface area contributed by atoms with Crippen molar-refractivity contribution in [1.29, 1.82) is 0 Å². The highest BCUT2D eigenvalue weighted by molar-refractivity contribution is 5.89. The first-order valence-electron chi connectivity index (χ1n) is 10.6. The number of piperazine rings is 1. The maximum Gasteiger partial charge on any atom is 0.228 e. The quantitative estimate of drug-likeness (QED) is 0.738. The van der Waals surface area contributed by atoms with Gasteiger partial charge in [-0.05, 0) is 36.2 Å². The molecule has 0 bridgehead atoms. The number of benzene rings is 2. The van der Waals surface area contributed by atoms with E-state index in [4.69, 9.17) is 4.74 Å². The number of hydrogen-bond acceptors (Lipinski definition) is 4. The lowest BCUT2D eigenvalue weighted by Crippen LogP contribution is -2.50. The monoisotopic (exact) mass is 407 g/mol. The average molecular weight is 408 g/mol. The number of ether oxygens (including phenoxy) is 1. The first-order chi connectivity index (χ1) is 14.6. The van der Waals surface area contributed by atoms with Crippen molar-refractivity contribution in [3.63, 3.8) is 0 Å². The van der Waals surface area contributed by atoms with Crippen LogP contribution in [0.15, 0.2) is 54.6 Å². The van der Waals surface area contributed by atoms with Crippen LogP contribution < -0.4 is 9.64 Å². The number of nitrogens with zero attached hydrogens (tertiary/aromatic N) is 3. The molecule has 0 spiro atoms. The molecule has 0 aromatic heterocycles. The maximum absolute atomic E-state index is 13.0. The Bertz CT molecular complexity index is 861. The number of carbonyl (C=O) groups excluding carboxylic acids is 2. The number of anilines is 1. The van der Waals surface area contributed by atoms with Crippen LogP contribution in [0, 0.1) is 5.92 Å². The SMILES string of the molecule is COc1ccc(N2CCN(C(=O)[C@H]3CC(=O)N(CCc4ccccc4)C3)CC2)cc1. The molecule has 2 aliphatic rings. The summed E-state index contributed by atoms with van der Waals surface area (Å²) in [6.07, 6.45) is 1.17. The molecule has 0 N–H and O–H groups in total. The van der Waals surface area contributed by atoms with Gasteiger partial charge in [0.15, 0.2) is 0 Å². The van der Waals surface area contributed by atoms with Gasteiger partial charge in [-0.3, -0.25) is 9.59 Å². The molecule has 0 saturated carbocycles. The lowest BCUT2D eigenvalue weighted by molar-refractivity contribution is -0.136. The fourth-order valence-electron chi connectivity index (χ4n) is 4.30. The molecule has 158 valence electrons. The summed E-state index contributed by atoms with van der Waals surface area (Å²) in [6, 6.07) is 18.2. The van der Waals surface area contributed by atoms with E-state index in [0.29, 0.717) is 32.6 Å². The van der Waals surface area contributed by atoms with Crippen LogP contribution in [-0.4, -0.2) is 68.0 Å². The van der Waals surface area contributed by atoms with Gasteiger partial charge in [-0.25, -0.2) is 0 Å². The van der Waals surface area contributed by atoms with Crippen LogP contribution in [0.4, 0.5) is 5.69 Å². The highest BCUT2D eigenvalue weighted by Gasteiger charge is 2.37. The molecule has 2 amide bonds. The van der Waals surface area contributed by atoms with Gasteiger partial charge in [0.1, 0.15) is 5.75 Å². The molecule has 2 aromatic rings. The Morgan fingerprint density at radius 2 is 1.70 bits per heavy atom. The van der Waals surface area contributed by atoms with Crippen molar-refractivity contribution in [2.24, 2.45) is 5.92 Å². The number of rotatable bonds is 6. The topological polar surface area (TPSA) is 53.1 Å². The lowest BCUT2D eigenvalue weighted by Gasteiger charge is -2.37. The maximum atomic E-state index is 13.0. The molecule has 6 heteroatoms. The molecular weight excluding hydrogens is 378 g/mol. The molecule has 4 rings (SSSR count). The second kappa shape index (κ2) is 9.20. The van der Waals surface area contributed by atoms with Gasteiger partial charge >= 0.3 is 0 Å². The summed E-state index contributed by atoms with van der Waals surface area (Å²) in [5.74, 6) is 0.859. The van der Waals surface area contributed by atoms with Crippen LogP contribution in [0.2, 0.25) is 0 Å². The van der Waals surface area contributed by atoms with Gasteiger partial charge in [-0.1, -0.05) is 30.3 Å². The van der Waals surface area contributed by atoms with E-state index in [-0.39, 0.29) is 17.7 Å². The molecule has 2 fully saturated rings. The van der Waals surface area contributed by atoms with Gasteiger partial charge in [-0.2, -0.15) is 0 Å². The van der Waals surface area contributed by atoms with Crippen molar-refractivity contribution >= 4 is 17.5 Å². The molecule has 2 aromatic carbocycles. The van der Waals surface area contributed by atoms with Gasteiger partial charge in [0, 0.05) is 51.4 Å². The second-order valence-electron chi connectivity index (χ2n) is 7.99. The van der Waals surface area contributed by atoms with Crippen LogP contribution in [0.3, 0.4) is 0 Å². The van der Waals surface area contributed by atoms with Gasteiger partial charge < -0.3 is 19.4 Å². The summed E-state index contributed by atoms with van der Waals surface area (Å²) in [5.41, 5.74) is 2.36. The van der Waals surface area contributed by atoms with Crippen LogP contribution in [0.1, 0.15) is 12.0 Å². The van der Waals surface area contributed by atoms with Gasteiger partial charge in [0.05, 0.1) is 13.0 Å². The van der Waals surface area contributed by atoms with Gasteiger partial charge in [-0.15, -0.1) is 0 Å². The Balaban J connectivity index is 1.27. The van der Waals surface area contributed by atoms with E-state index in [1.165, 1.54) is 5.56 Å². The minimum atomic E-state index is -0.208. The normalized spacial score (nSPS) is 19.3. The third-order valence-corrected chi connectivity index (χ3v) is 6.11. The third kappa shape index (κ3) is 4.58. The highest BCUT2D eigenvalue weighted by atomic mass is 16.5. The zero-order valence-corrected chi connectivity index (χ0v) is 17.5. The summed E-state index contributed by atoms with van der Waals surface area (Å²) in [5, 5.41) is 0. The summed E-state index contributed by atoms with van der Waals surface area (Å²) < 4.78 is 5.22. The summed E-state index contributed by atoms with van der Waals surface area (Å²) in [6.45, 7) is 4.22. The summed E-state index contributed by atoms with van der Waals surface area (Å²) in [7, 11) is 1.66. The molecule has 2 aliphatic heterocycles. The van der Waals surface area contributed by atoms with Crippen molar-refractivity contribution in [2.45, 2.75) is 12.8 Å². The Morgan fingerprint density at radius 3 is 2.37 bits per heavy atom. The number of hydrogen-bond donors (Lipinski definition) is 0. The Hall–Kier alpha value is -3.02. The Kier molecular flexibility index (Phi) is 6.21. The van der Waals surface area contributed by atoms with E-state index in [2.05, 4.69) is 29.2 Å². The summed E-state index contributed by atoms with van der Waals surface area (Å²) in [4.78, 5) is 31.5. The third-order valence-electron chi connectivity index (χ3n) is 6.11. The van der Waals surface area contributed by atoms with Crippen LogP contribution in [0.25, 0.3) is 0 Å². The molecule has 1 atom stereocenters. The average Bonchev–Trinajstić information content (AvgIpc) is 3.18. The van der Waals surface area contributed by atoms with Gasteiger partial charge in [0.25, 0.3) is 0 Å². The van der Waals surface area contributed by atoms with Gasteiger partial charge in [0.2, 0.25) is 11.8 Å². The van der Waals surface area contributed by atoms with Crippen LogP contribution in [0.5, 0.6) is 5.75 Å². The second-order valence-corrected chi connectivity index (χ2v) is 7.99. The molecule has 2 heterocycles. The molecule has 0 aliphatic carbocycles. The molecule has 6 nitrogen and oxygen atoms in total. The van der Waals surface area contributed by atoms with E-state index < -0.39 is 0 Å². The van der Waals surface area contributed by atoms with E-state index in [9.17, 15) is 9.59 Å². The molecule has 30 heavy (non-hydrogen) atoms. The fraction of sp³-hybridized carbons (Fsp3) is 0.417. The van der Waals surface area contributed by atoms with Crippen LogP contribution in [-0.2, 0) is 16.0 Å². The van der Waals surface area contributed by atoms with Crippen molar-refractivity contribution in [3.05, 3.63) is 60.2 Å². The Labute approximate surface area is 178 Å². The number of methoxy groups -OCH3 is 1. The number of carbonyl (C=O) groups is 2. The van der Waals surface area contributed by atoms with Crippen molar-refractivity contribution in [2.75, 3.05) is 51.3 Å². The van der Waals surface area contributed by atoms with Crippen LogP contribution >= 0.6 is 0 Å². The van der Waals surface area contributed by atoms with E-state index in [1.807, 2.05) is 40.1 Å².